The average Bonchev–Trinajstić information content (AvgIpc) is 2.81. The van der Waals surface area contributed by atoms with Crippen molar-refractivity contribution in [3.63, 3.8) is 0 Å². The maximum Gasteiger partial charge on any atom is 0.411 e. The summed E-state index contributed by atoms with van der Waals surface area (Å²) in [5, 5.41) is 0. The molecule has 6 nitrogen and oxygen atoms in total. The number of hydrogen-bond donors (Lipinski definition) is 0. The smallest absolute Gasteiger partial charge is 0.411 e. The SMILES string of the molecule is C=CCO[C@@H]1[C@@H](CC=C)CN(C(=O)OC(C)(C)C)[C@@H]1C(=O)OC. The molecule has 0 N–H and O–H groups in total. The molecule has 0 aromatic rings. The highest BCUT2D eigenvalue weighted by Gasteiger charge is 2.49. The Bertz CT molecular complexity index is 454. The van der Waals surface area contributed by atoms with Crippen LogP contribution in [-0.2, 0) is 19.0 Å². The van der Waals surface area contributed by atoms with Crippen molar-refractivity contribution >= 4 is 12.1 Å². The van der Waals surface area contributed by atoms with E-state index in [1.165, 1.54) is 12.0 Å². The summed E-state index contributed by atoms with van der Waals surface area (Å²) in [7, 11) is 1.29. The Balaban J connectivity index is 3.06. The van der Waals surface area contributed by atoms with E-state index in [1.807, 2.05) is 0 Å². The summed E-state index contributed by atoms with van der Waals surface area (Å²) in [5.74, 6) is -0.569. The fourth-order valence-electron chi connectivity index (χ4n) is 2.63. The van der Waals surface area contributed by atoms with Crippen LogP contribution in [0.1, 0.15) is 27.2 Å². The first-order valence-corrected chi connectivity index (χ1v) is 7.66. The summed E-state index contributed by atoms with van der Waals surface area (Å²) in [6, 6.07) is -0.834. The standard InChI is InChI=1S/C17H27NO5/c1-7-9-12-11-18(16(20)23-17(3,4)5)13(15(19)21-6)14(12)22-10-8-2/h7-8,12-14H,1-2,9-11H2,3-6H3/t12-,13-,14+/m0/s1. The molecule has 0 saturated carbocycles. The number of esters is 1. The first-order chi connectivity index (χ1) is 10.7. The predicted octanol–water partition coefficient (Wildman–Crippen LogP) is 2.54. The van der Waals surface area contributed by atoms with Crippen LogP contribution in [-0.4, -0.2) is 55.0 Å². The second-order valence-electron chi connectivity index (χ2n) is 6.47. The lowest BCUT2D eigenvalue weighted by molar-refractivity contribution is -0.150. The van der Waals surface area contributed by atoms with E-state index in [9.17, 15) is 9.59 Å². The minimum atomic E-state index is -0.834. The minimum absolute atomic E-state index is 0.0518. The summed E-state index contributed by atoms with van der Waals surface area (Å²) in [6.07, 6.45) is 2.95. The molecule has 1 saturated heterocycles. The molecule has 6 heteroatoms. The fourth-order valence-corrected chi connectivity index (χ4v) is 2.63. The number of carbonyl (C=O) groups excluding carboxylic acids is 2. The Morgan fingerprint density at radius 2 is 1.91 bits per heavy atom. The van der Waals surface area contributed by atoms with Gasteiger partial charge in [-0.2, -0.15) is 0 Å². The molecular formula is C17H27NO5. The van der Waals surface area contributed by atoms with Gasteiger partial charge < -0.3 is 14.2 Å². The quantitative estimate of drug-likeness (QED) is 0.555. The third-order valence-electron chi connectivity index (χ3n) is 3.49. The van der Waals surface area contributed by atoms with E-state index in [4.69, 9.17) is 14.2 Å². The minimum Gasteiger partial charge on any atom is -0.467 e. The highest BCUT2D eigenvalue weighted by Crippen LogP contribution is 2.31. The van der Waals surface area contributed by atoms with Crippen molar-refractivity contribution in [2.75, 3.05) is 20.3 Å². The zero-order chi connectivity index (χ0) is 17.6. The molecule has 3 atom stereocenters. The molecule has 0 bridgehead atoms. The summed E-state index contributed by atoms with van der Waals surface area (Å²) in [5.41, 5.74) is -0.647. The molecular weight excluding hydrogens is 298 g/mol. The maximum absolute atomic E-state index is 12.5. The predicted molar refractivity (Wildman–Crippen MR) is 87.0 cm³/mol. The van der Waals surface area contributed by atoms with Gasteiger partial charge in [-0.05, 0) is 27.2 Å². The normalized spacial score (nSPS) is 24.2. The van der Waals surface area contributed by atoms with Gasteiger partial charge in [-0.1, -0.05) is 12.2 Å². The molecule has 1 aliphatic rings. The van der Waals surface area contributed by atoms with Crippen molar-refractivity contribution in [3.8, 4) is 0 Å². The summed E-state index contributed by atoms with van der Waals surface area (Å²) in [6.45, 7) is 13.3. The number of hydrogen-bond acceptors (Lipinski definition) is 5. The molecule has 0 spiro atoms. The van der Waals surface area contributed by atoms with Crippen LogP contribution in [0.25, 0.3) is 0 Å². The molecule has 1 amide bonds. The number of carbonyl (C=O) groups is 2. The maximum atomic E-state index is 12.5. The van der Waals surface area contributed by atoms with Crippen molar-refractivity contribution in [1.82, 2.24) is 4.90 Å². The van der Waals surface area contributed by atoms with Crippen LogP contribution >= 0.6 is 0 Å². The number of likely N-dealkylation sites (tertiary alicyclic amines) is 1. The van der Waals surface area contributed by atoms with Crippen molar-refractivity contribution in [2.24, 2.45) is 5.92 Å². The number of ether oxygens (including phenoxy) is 3. The van der Waals surface area contributed by atoms with Gasteiger partial charge in [-0.3, -0.25) is 4.90 Å². The first-order valence-electron chi connectivity index (χ1n) is 7.66. The van der Waals surface area contributed by atoms with Crippen LogP contribution in [0.5, 0.6) is 0 Å². The lowest BCUT2D eigenvalue weighted by Gasteiger charge is -2.28. The van der Waals surface area contributed by atoms with Gasteiger partial charge >= 0.3 is 12.1 Å². The molecule has 1 heterocycles. The Morgan fingerprint density at radius 3 is 2.39 bits per heavy atom. The summed E-state index contributed by atoms with van der Waals surface area (Å²) >= 11 is 0. The number of allylic oxidation sites excluding steroid dienone is 1. The van der Waals surface area contributed by atoms with Crippen molar-refractivity contribution in [1.29, 1.82) is 0 Å². The Morgan fingerprint density at radius 1 is 1.26 bits per heavy atom. The number of nitrogens with zero attached hydrogens (tertiary/aromatic N) is 1. The lowest BCUT2D eigenvalue weighted by atomic mass is 9.98. The lowest BCUT2D eigenvalue weighted by Crippen LogP contribution is -2.48. The van der Waals surface area contributed by atoms with E-state index >= 15 is 0 Å². The van der Waals surface area contributed by atoms with Gasteiger partial charge in [0.2, 0.25) is 0 Å². The van der Waals surface area contributed by atoms with Crippen LogP contribution in [0, 0.1) is 5.92 Å². The van der Waals surface area contributed by atoms with E-state index in [0.29, 0.717) is 13.0 Å². The Labute approximate surface area is 138 Å². The van der Waals surface area contributed by atoms with Crippen molar-refractivity contribution < 1.29 is 23.8 Å². The molecule has 1 rings (SSSR count). The zero-order valence-corrected chi connectivity index (χ0v) is 14.4. The van der Waals surface area contributed by atoms with Crippen LogP contribution in [0.15, 0.2) is 25.3 Å². The van der Waals surface area contributed by atoms with E-state index < -0.39 is 29.8 Å². The van der Waals surface area contributed by atoms with Gasteiger partial charge in [0.25, 0.3) is 0 Å². The average molecular weight is 325 g/mol. The van der Waals surface area contributed by atoms with E-state index in [-0.39, 0.29) is 12.5 Å². The summed E-state index contributed by atoms with van der Waals surface area (Å²) < 4.78 is 16.0. The molecule has 0 aromatic heterocycles. The van der Waals surface area contributed by atoms with Gasteiger partial charge in [0.05, 0.1) is 19.8 Å². The highest BCUT2D eigenvalue weighted by atomic mass is 16.6. The van der Waals surface area contributed by atoms with Gasteiger partial charge in [-0.15, -0.1) is 13.2 Å². The van der Waals surface area contributed by atoms with Crippen molar-refractivity contribution in [2.45, 2.75) is 44.9 Å². The van der Waals surface area contributed by atoms with Crippen LogP contribution in [0.3, 0.4) is 0 Å². The second kappa shape index (κ2) is 8.15. The number of amides is 1. The molecule has 0 unspecified atom stereocenters. The molecule has 0 aliphatic carbocycles. The molecule has 1 fully saturated rings. The van der Waals surface area contributed by atoms with E-state index in [0.717, 1.165) is 0 Å². The first kappa shape index (κ1) is 19.2. The molecule has 130 valence electrons. The zero-order valence-electron chi connectivity index (χ0n) is 14.4. The largest absolute Gasteiger partial charge is 0.467 e. The number of rotatable bonds is 6. The molecule has 1 aliphatic heterocycles. The molecule has 0 radical (unpaired) electrons. The van der Waals surface area contributed by atoms with Gasteiger partial charge in [0, 0.05) is 12.5 Å². The fraction of sp³-hybridized carbons (Fsp3) is 0.647. The highest BCUT2D eigenvalue weighted by molar-refractivity contribution is 5.83. The number of methoxy groups -OCH3 is 1. The topological polar surface area (TPSA) is 65.1 Å². The monoisotopic (exact) mass is 325 g/mol. The summed E-state index contributed by atoms with van der Waals surface area (Å²) in [4.78, 5) is 26.1. The Hall–Kier alpha value is -1.82. The van der Waals surface area contributed by atoms with Gasteiger partial charge in [-0.25, -0.2) is 9.59 Å². The van der Waals surface area contributed by atoms with Crippen molar-refractivity contribution in [3.05, 3.63) is 25.3 Å². The second-order valence-corrected chi connectivity index (χ2v) is 6.47. The van der Waals surface area contributed by atoms with E-state index in [2.05, 4.69) is 13.2 Å². The third-order valence-corrected chi connectivity index (χ3v) is 3.49. The molecule has 0 aromatic carbocycles. The Kier molecular flexibility index (Phi) is 6.81. The molecule has 23 heavy (non-hydrogen) atoms. The van der Waals surface area contributed by atoms with Gasteiger partial charge in [0.1, 0.15) is 5.60 Å². The van der Waals surface area contributed by atoms with Crippen LogP contribution in [0.4, 0.5) is 4.79 Å². The third kappa shape index (κ3) is 5.10. The van der Waals surface area contributed by atoms with Gasteiger partial charge in [0.15, 0.2) is 6.04 Å². The van der Waals surface area contributed by atoms with Crippen LogP contribution in [0.2, 0.25) is 0 Å². The van der Waals surface area contributed by atoms with Crippen LogP contribution < -0.4 is 0 Å². The van der Waals surface area contributed by atoms with E-state index in [1.54, 1.807) is 32.9 Å².